The summed E-state index contributed by atoms with van der Waals surface area (Å²) in [6.07, 6.45) is 1.81. The van der Waals surface area contributed by atoms with E-state index < -0.39 is 15.8 Å². The van der Waals surface area contributed by atoms with Gasteiger partial charge in [-0.2, -0.15) is 5.26 Å². The summed E-state index contributed by atoms with van der Waals surface area (Å²) in [5, 5.41) is 11.9. The molecule has 2 rings (SSSR count). The van der Waals surface area contributed by atoms with Gasteiger partial charge in [0.15, 0.2) is 0 Å². The lowest BCUT2D eigenvalue weighted by Gasteiger charge is -2.10. The molecule has 1 saturated heterocycles. The van der Waals surface area contributed by atoms with Crippen molar-refractivity contribution in [3.05, 3.63) is 29.6 Å². The molecule has 7 heteroatoms. The first-order chi connectivity index (χ1) is 9.53. The monoisotopic (exact) mass is 297 g/mol. The number of hydrogen-bond donors (Lipinski definition) is 2. The quantitative estimate of drug-likeness (QED) is 0.848. The molecule has 0 unspecified atom stereocenters. The van der Waals surface area contributed by atoms with Crippen molar-refractivity contribution in [1.29, 1.82) is 5.26 Å². The maximum Gasteiger partial charge on any atom is 0.240 e. The predicted molar refractivity (Wildman–Crippen MR) is 71.9 cm³/mol. The minimum absolute atomic E-state index is 0.0833. The zero-order valence-electron chi connectivity index (χ0n) is 10.9. The molecule has 0 aromatic heterocycles. The highest BCUT2D eigenvalue weighted by Gasteiger charge is 2.18. The average Bonchev–Trinajstić information content (AvgIpc) is 2.92. The molecule has 5 nitrogen and oxygen atoms in total. The number of hydrogen-bond acceptors (Lipinski definition) is 4. The Hall–Kier alpha value is -1.49. The van der Waals surface area contributed by atoms with E-state index in [1.165, 1.54) is 0 Å². The van der Waals surface area contributed by atoms with E-state index in [1.807, 2.05) is 0 Å². The van der Waals surface area contributed by atoms with Crippen molar-refractivity contribution in [2.24, 2.45) is 5.92 Å². The van der Waals surface area contributed by atoms with E-state index >= 15 is 0 Å². The Kier molecular flexibility index (Phi) is 4.70. The highest BCUT2D eigenvalue weighted by molar-refractivity contribution is 7.89. The van der Waals surface area contributed by atoms with Crippen LogP contribution in [0.2, 0.25) is 0 Å². The first-order valence-electron chi connectivity index (χ1n) is 6.43. The van der Waals surface area contributed by atoms with Crippen LogP contribution in [0.15, 0.2) is 23.1 Å². The zero-order valence-corrected chi connectivity index (χ0v) is 11.7. The first-order valence-corrected chi connectivity index (χ1v) is 7.91. The summed E-state index contributed by atoms with van der Waals surface area (Å²) in [5.74, 6) is -0.232. The van der Waals surface area contributed by atoms with Crippen molar-refractivity contribution in [3.8, 4) is 6.07 Å². The fourth-order valence-corrected chi connectivity index (χ4v) is 3.27. The van der Waals surface area contributed by atoms with E-state index in [2.05, 4.69) is 10.0 Å². The standard InChI is InChI=1S/C13H16FN3O2S/c14-13-2-1-12(7-11(13)8-15)20(18,19)17-6-4-10-3-5-16-9-10/h1-2,7,10,16-17H,3-6,9H2/t10-/m1/s1. The molecule has 1 heterocycles. The normalized spacial score (nSPS) is 18.9. The zero-order chi connectivity index (χ0) is 14.6. The van der Waals surface area contributed by atoms with Crippen molar-refractivity contribution in [1.82, 2.24) is 10.0 Å². The van der Waals surface area contributed by atoms with Gasteiger partial charge in [-0.15, -0.1) is 0 Å². The molecule has 20 heavy (non-hydrogen) atoms. The summed E-state index contributed by atoms with van der Waals surface area (Å²) in [7, 11) is -3.69. The summed E-state index contributed by atoms with van der Waals surface area (Å²) in [4.78, 5) is -0.0833. The van der Waals surface area contributed by atoms with Gasteiger partial charge in [-0.3, -0.25) is 0 Å². The molecule has 1 aliphatic heterocycles. The van der Waals surface area contributed by atoms with Crippen LogP contribution < -0.4 is 10.0 Å². The van der Waals surface area contributed by atoms with Crippen molar-refractivity contribution < 1.29 is 12.8 Å². The minimum atomic E-state index is -3.69. The van der Waals surface area contributed by atoms with Gasteiger partial charge in [0.1, 0.15) is 11.9 Å². The van der Waals surface area contributed by atoms with Crippen LogP contribution >= 0.6 is 0 Å². The maximum absolute atomic E-state index is 13.2. The molecule has 108 valence electrons. The summed E-state index contributed by atoms with van der Waals surface area (Å²) < 4.78 is 39.7. The number of nitrogens with one attached hydrogen (secondary N) is 2. The molecule has 1 fully saturated rings. The van der Waals surface area contributed by atoms with Gasteiger partial charge in [0.05, 0.1) is 10.5 Å². The molecule has 0 saturated carbocycles. The number of halogens is 1. The molecule has 1 aromatic rings. The van der Waals surface area contributed by atoms with Crippen LogP contribution in [0.4, 0.5) is 4.39 Å². The Morgan fingerprint density at radius 3 is 2.95 bits per heavy atom. The molecule has 0 spiro atoms. The molecule has 0 bridgehead atoms. The third-order valence-corrected chi connectivity index (χ3v) is 4.83. The molecule has 0 amide bonds. The SMILES string of the molecule is N#Cc1cc(S(=O)(=O)NCC[C@H]2CCNC2)ccc1F. The van der Waals surface area contributed by atoms with Crippen LogP contribution in [0.5, 0.6) is 0 Å². The third kappa shape index (κ3) is 3.54. The summed E-state index contributed by atoms with van der Waals surface area (Å²) >= 11 is 0. The molecule has 1 atom stereocenters. The smallest absolute Gasteiger partial charge is 0.240 e. The highest BCUT2D eigenvalue weighted by atomic mass is 32.2. The van der Waals surface area contributed by atoms with Crippen molar-refractivity contribution in [2.45, 2.75) is 17.7 Å². The van der Waals surface area contributed by atoms with Gasteiger partial charge in [0, 0.05) is 6.54 Å². The van der Waals surface area contributed by atoms with Gasteiger partial charge < -0.3 is 5.32 Å². The van der Waals surface area contributed by atoms with Crippen molar-refractivity contribution in [2.75, 3.05) is 19.6 Å². The number of benzene rings is 1. The van der Waals surface area contributed by atoms with Crippen LogP contribution in [0.1, 0.15) is 18.4 Å². The third-order valence-electron chi connectivity index (χ3n) is 3.38. The molecular formula is C13H16FN3O2S. The Morgan fingerprint density at radius 1 is 1.50 bits per heavy atom. The lowest BCUT2D eigenvalue weighted by Crippen LogP contribution is -2.26. The molecule has 1 aromatic carbocycles. The van der Waals surface area contributed by atoms with E-state index in [4.69, 9.17) is 5.26 Å². The summed E-state index contributed by atoms with van der Waals surface area (Å²) in [6.45, 7) is 2.23. The number of rotatable bonds is 5. The largest absolute Gasteiger partial charge is 0.316 e. The van der Waals surface area contributed by atoms with E-state index in [1.54, 1.807) is 6.07 Å². The van der Waals surface area contributed by atoms with Gasteiger partial charge in [-0.25, -0.2) is 17.5 Å². The van der Waals surface area contributed by atoms with Gasteiger partial charge >= 0.3 is 0 Å². The number of nitrogens with zero attached hydrogens (tertiary/aromatic N) is 1. The second-order valence-corrected chi connectivity index (χ2v) is 6.57. The Labute approximate surface area is 117 Å². The van der Waals surface area contributed by atoms with Gasteiger partial charge in [-0.05, 0) is 50.0 Å². The van der Waals surface area contributed by atoms with Crippen LogP contribution in [0, 0.1) is 23.1 Å². The van der Waals surface area contributed by atoms with Gasteiger partial charge in [0.2, 0.25) is 10.0 Å². The average molecular weight is 297 g/mol. The molecule has 2 N–H and O–H groups in total. The Morgan fingerprint density at radius 2 is 2.30 bits per heavy atom. The molecule has 0 radical (unpaired) electrons. The van der Waals surface area contributed by atoms with Crippen LogP contribution in [-0.2, 0) is 10.0 Å². The fraction of sp³-hybridized carbons (Fsp3) is 0.462. The topological polar surface area (TPSA) is 82.0 Å². The van der Waals surface area contributed by atoms with E-state index in [9.17, 15) is 12.8 Å². The lowest BCUT2D eigenvalue weighted by atomic mass is 10.1. The van der Waals surface area contributed by atoms with Crippen LogP contribution in [0.25, 0.3) is 0 Å². The molecular weight excluding hydrogens is 281 g/mol. The van der Waals surface area contributed by atoms with Crippen molar-refractivity contribution >= 4 is 10.0 Å². The van der Waals surface area contributed by atoms with Crippen LogP contribution in [0.3, 0.4) is 0 Å². The van der Waals surface area contributed by atoms with E-state index in [0.717, 1.165) is 44.1 Å². The summed E-state index contributed by atoms with van der Waals surface area (Å²) in [5.41, 5.74) is -0.270. The molecule has 0 aliphatic carbocycles. The predicted octanol–water partition coefficient (Wildman–Crippen LogP) is 0.975. The number of sulfonamides is 1. The van der Waals surface area contributed by atoms with Gasteiger partial charge in [-0.1, -0.05) is 0 Å². The Balaban J connectivity index is 2.00. The first kappa shape index (κ1) is 14.9. The second-order valence-electron chi connectivity index (χ2n) is 4.80. The lowest BCUT2D eigenvalue weighted by molar-refractivity contribution is 0.519. The van der Waals surface area contributed by atoms with Gasteiger partial charge in [0.25, 0.3) is 0 Å². The maximum atomic E-state index is 13.2. The van der Waals surface area contributed by atoms with Crippen molar-refractivity contribution in [3.63, 3.8) is 0 Å². The molecule has 1 aliphatic rings. The van der Waals surface area contributed by atoms with E-state index in [0.29, 0.717) is 12.5 Å². The number of nitriles is 1. The Bertz CT molecular complexity index is 619. The van der Waals surface area contributed by atoms with E-state index in [-0.39, 0.29) is 10.5 Å². The van der Waals surface area contributed by atoms with Crippen LogP contribution in [-0.4, -0.2) is 28.1 Å². The highest BCUT2D eigenvalue weighted by Crippen LogP contribution is 2.15. The second kappa shape index (κ2) is 6.31. The fourth-order valence-electron chi connectivity index (χ4n) is 2.20. The minimum Gasteiger partial charge on any atom is -0.316 e. The summed E-state index contributed by atoms with van der Waals surface area (Å²) in [6, 6.07) is 4.84.